The van der Waals surface area contributed by atoms with Crippen LogP contribution in [0.15, 0.2) is 12.1 Å². The van der Waals surface area contributed by atoms with Crippen molar-refractivity contribution in [1.29, 1.82) is 0 Å². The molecule has 1 aromatic heterocycles. The van der Waals surface area contributed by atoms with Crippen LogP contribution in [-0.4, -0.2) is 67.3 Å². The minimum Gasteiger partial charge on any atom is -0.493 e. The van der Waals surface area contributed by atoms with Crippen molar-refractivity contribution in [3.05, 3.63) is 12.1 Å². The Hall–Kier alpha value is -2.97. The molecule has 1 aliphatic heterocycles. The number of hydrogen-bond acceptors (Lipinski definition) is 7. The molecule has 1 saturated heterocycles. The van der Waals surface area contributed by atoms with E-state index in [0.717, 1.165) is 18.2 Å². The Balaban J connectivity index is 1.42. The number of fused-ring (bicyclic) bond motifs is 1. The summed E-state index contributed by atoms with van der Waals surface area (Å²) in [6.45, 7) is 2.59. The van der Waals surface area contributed by atoms with Crippen LogP contribution < -0.4 is 25.4 Å². The van der Waals surface area contributed by atoms with Crippen molar-refractivity contribution in [2.24, 2.45) is 0 Å². The molecule has 0 atom stereocenters. The zero-order valence-corrected chi connectivity index (χ0v) is 18.4. The lowest BCUT2D eigenvalue weighted by molar-refractivity contribution is 0.188. The molecule has 3 N–H and O–H groups in total. The van der Waals surface area contributed by atoms with Gasteiger partial charge < -0.3 is 30.3 Å². The Kier molecular flexibility index (Phi) is 6.48. The average Bonchev–Trinajstić information content (AvgIpc) is 3.07. The first kappa shape index (κ1) is 21.3. The lowest BCUT2D eigenvalue weighted by atomic mass is 10.1. The summed E-state index contributed by atoms with van der Waals surface area (Å²) >= 11 is 0. The van der Waals surface area contributed by atoms with Gasteiger partial charge in [-0.15, -0.1) is 0 Å². The van der Waals surface area contributed by atoms with E-state index in [1.165, 1.54) is 25.7 Å². The maximum absolute atomic E-state index is 12.7. The van der Waals surface area contributed by atoms with E-state index in [1.807, 2.05) is 11.0 Å². The van der Waals surface area contributed by atoms with Crippen LogP contribution in [0, 0.1) is 0 Å². The van der Waals surface area contributed by atoms with E-state index >= 15 is 0 Å². The number of piperazine rings is 1. The number of carbonyl (C=O) groups excluding carboxylic acids is 1. The predicted molar refractivity (Wildman–Crippen MR) is 121 cm³/mol. The summed E-state index contributed by atoms with van der Waals surface area (Å²) in [5.74, 6) is 2.15. The van der Waals surface area contributed by atoms with Gasteiger partial charge in [-0.1, -0.05) is 25.7 Å². The molecule has 4 rings (SSSR count). The fourth-order valence-corrected chi connectivity index (χ4v) is 4.41. The highest BCUT2D eigenvalue weighted by molar-refractivity contribution is 5.91. The Morgan fingerprint density at radius 1 is 1.00 bits per heavy atom. The number of amides is 2. The van der Waals surface area contributed by atoms with Crippen LogP contribution in [0.5, 0.6) is 11.5 Å². The summed E-state index contributed by atoms with van der Waals surface area (Å²) in [5.41, 5.74) is 6.93. The number of nitrogen functional groups attached to an aromatic ring is 1. The Morgan fingerprint density at radius 3 is 2.29 bits per heavy atom. The third-order valence-electron chi connectivity index (χ3n) is 6.25. The maximum atomic E-state index is 12.7. The SMILES string of the molecule is COc1cc2nc(N3CCN(C(=O)NC4CCCCCC4)CC3)nc(N)c2cc1OC. The molecule has 9 nitrogen and oxygen atoms in total. The fourth-order valence-electron chi connectivity index (χ4n) is 4.41. The summed E-state index contributed by atoms with van der Waals surface area (Å²) in [6.07, 6.45) is 7.14. The standard InChI is InChI=1S/C22H32N6O3/c1-30-18-13-16-17(14-19(18)31-2)25-21(26-20(16)23)27-9-11-28(12-10-27)22(29)24-15-7-5-3-4-6-8-15/h13-15H,3-12H2,1-2H3,(H,24,29)(H2,23,25,26). The van der Waals surface area contributed by atoms with Crippen LogP contribution in [0.2, 0.25) is 0 Å². The smallest absolute Gasteiger partial charge is 0.317 e. The fraction of sp³-hybridized carbons (Fsp3) is 0.591. The van der Waals surface area contributed by atoms with Crippen LogP contribution in [0.3, 0.4) is 0 Å². The van der Waals surface area contributed by atoms with Gasteiger partial charge in [0.2, 0.25) is 5.95 Å². The number of nitrogens with zero attached hydrogens (tertiary/aromatic N) is 4. The molecular weight excluding hydrogens is 396 g/mol. The summed E-state index contributed by atoms with van der Waals surface area (Å²) in [7, 11) is 3.18. The molecule has 2 heterocycles. The Labute approximate surface area is 182 Å². The first-order chi connectivity index (χ1) is 15.1. The Bertz CT molecular complexity index is 921. The van der Waals surface area contributed by atoms with E-state index in [4.69, 9.17) is 20.2 Å². The number of carbonyl (C=O) groups is 1. The molecule has 2 amide bonds. The van der Waals surface area contributed by atoms with Gasteiger partial charge in [0.15, 0.2) is 11.5 Å². The summed E-state index contributed by atoms with van der Waals surface area (Å²) in [6, 6.07) is 3.96. The third kappa shape index (κ3) is 4.70. The number of nitrogens with two attached hydrogens (primary N) is 1. The average molecular weight is 429 g/mol. The van der Waals surface area contributed by atoms with Gasteiger partial charge in [-0.25, -0.2) is 9.78 Å². The van der Waals surface area contributed by atoms with Gasteiger partial charge in [-0.3, -0.25) is 0 Å². The van der Waals surface area contributed by atoms with E-state index in [-0.39, 0.29) is 6.03 Å². The van der Waals surface area contributed by atoms with Crippen molar-refractivity contribution in [2.45, 2.75) is 44.6 Å². The second kappa shape index (κ2) is 9.45. The highest BCUT2D eigenvalue weighted by Gasteiger charge is 2.25. The normalized spacial score (nSPS) is 18.0. The zero-order chi connectivity index (χ0) is 21.8. The minimum atomic E-state index is 0.0438. The molecule has 0 bridgehead atoms. The lowest BCUT2D eigenvalue weighted by Crippen LogP contribution is -2.53. The molecular formula is C22H32N6O3. The van der Waals surface area contributed by atoms with E-state index in [0.29, 0.717) is 61.0 Å². The highest BCUT2D eigenvalue weighted by atomic mass is 16.5. The van der Waals surface area contributed by atoms with Gasteiger partial charge in [-0.2, -0.15) is 4.98 Å². The molecule has 1 saturated carbocycles. The second-order valence-electron chi connectivity index (χ2n) is 8.25. The molecule has 31 heavy (non-hydrogen) atoms. The molecule has 1 aliphatic carbocycles. The Morgan fingerprint density at radius 2 is 1.65 bits per heavy atom. The van der Waals surface area contributed by atoms with Crippen molar-refractivity contribution in [3.63, 3.8) is 0 Å². The zero-order valence-electron chi connectivity index (χ0n) is 18.4. The molecule has 1 aromatic carbocycles. The van der Waals surface area contributed by atoms with Crippen molar-refractivity contribution in [1.82, 2.24) is 20.2 Å². The highest BCUT2D eigenvalue weighted by Crippen LogP contribution is 2.34. The number of urea groups is 1. The quantitative estimate of drug-likeness (QED) is 0.721. The van der Waals surface area contributed by atoms with Gasteiger partial charge in [0.05, 0.1) is 19.7 Å². The van der Waals surface area contributed by atoms with E-state index in [1.54, 1.807) is 20.3 Å². The van der Waals surface area contributed by atoms with Crippen LogP contribution in [0.4, 0.5) is 16.6 Å². The largest absolute Gasteiger partial charge is 0.493 e. The van der Waals surface area contributed by atoms with Crippen molar-refractivity contribution >= 4 is 28.7 Å². The van der Waals surface area contributed by atoms with Crippen LogP contribution in [0.25, 0.3) is 10.9 Å². The topological polar surface area (TPSA) is 106 Å². The molecule has 2 fully saturated rings. The molecule has 2 aromatic rings. The molecule has 2 aliphatic rings. The summed E-state index contributed by atoms with van der Waals surface area (Å²) < 4.78 is 10.7. The summed E-state index contributed by atoms with van der Waals surface area (Å²) in [5, 5.41) is 3.96. The van der Waals surface area contributed by atoms with Gasteiger partial charge in [-0.05, 0) is 18.9 Å². The molecule has 0 spiro atoms. The molecule has 168 valence electrons. The third-order valence-corrected chi connectivity index (χ3v) is 6.25. The molecule has 0 radical (unpaired) electrons. The van der Waals surface area contributed by atoms with Gasteiger partial charge in [0.1, 0.15) is 5.82 Å². The predicted octanol–water partition coefficient (Wildman–Crippen LogP) is 2.78. The van der Waals surface area contributed by atoms with Crippen LogP contribution >= 0.6 is 0 Å². The monoisotopic (exact) mass is 428 g/mol. The number of aromatic nitrogens is 2. The maximum Gasteiger partial charge on any atom is 0.317 e. The van der Waals surface area contributed by atoms with E-state index < -0.39 is 0 Å². The summed E-state index contributed by atoms with van der Waals surface area (Å²) in [4.78, 5) is 25.9. The van der Waals surface area contributed by atoms with Crippen molar-refractivity contribution in [2.75, 3.05) is 51.0 Å². The number of rotatable bonds is 4. The van der Waals surface area contributed by atoms with Gasteiger partial charge in [0.25, 0.3) is 0 Å². The molecule has 9 heteroatoms. The van der Waals surface area contributed by atoms with Gasteiger partial charge >= 0.3 is 6.03 Å². The van der Waals surface area contributed by atoms with Crippen LogP contribution in [-0.2, 0) is 0 Å². The number of hydrogen-bond donors (Lipinski definition) is 2. The number of ether oxygens (including phenoxy) is 2. The first-order valence-corrected chi connectivity index (χ1v) is 11.1. The van der Waals surface area contributed by atoms with E-state index in [9.17, 15) is 4.79 Å². The van der Waals surface area contributed by atoms with Crippen LogP contribution in [0.1, 0.15) is 38.5 Å². The number of anilines is 2. The first-order valence-electron chi connectivity index (χ1n) is 11.1. The number of methoxy groups -OCH3 is 2. The van der Waals surface area contributed by atoms with E-state index in [2.05, 4.69) is 15.2 Å². The number of benzene rings is 1. The van der Waals surface area contributed by atoms with Gasteiger partial charge in [0, 0.05) is 43.7 Å². The minimum absolute atomic E-state index is 0.0438. The number of nitrogens with one attached hydrogen (secondary N) is 1. The van der Waals surface area contributed by atoms with Crippen molar-refractivity contribution in [3.8, 4) is 11.5 Å². The van der Waals surface area contributed by atoms with Crippen molar-refractivity contribution < 1.29 is 14.3 Å². The lowest BCUT2D eigenvalue weighted by Gasteiger charge is -2.35. The second-order valence-corrected chi connectivity index (χ2v) is 8.25. The molecule has 0 unspecified atom stereocenters.